The van der Waals surface area contributed by atoms with Crippen LogP contribution >= 0.6 is 0 Å². The molecule has 0 spiro atoms. The number of carbonyl (C=O) groups excluding carboxylic acids is 1. The van der Waals surface area contributed by atoms with Gasteiger partial charge in [0.05, 0.1) is 0 Å². The van der Waals surface area contributed by atoms with E-state index in [2.05, 4.69) is 24.8 Å². The van der Waals surface area contributed by atoms with Crippen molar-refractivity contribution in [1.82, 2.24) is 4.90 Å². The minimum Gasteiger partial charge on any atom is -0.374 e. The lowest BCUT2D eigenvalue weighted by atomic mass is 9.75. The molecule has 3 nitrogen and oxygen atoms in total. The van der Waals surface area contributed by atoms with Gasteiger partial charge in [0.1, 0.15) is 11.6 Å². The molecule has 0 amide bonds. The number of Topliss-reactive ketones (excluding diaryl/α,β-unsaturated/α-hetero) is 1. The summed E-state index contributed by atoms with van der Waals surface area (Å²) in [6, 6.07) is 2.08. The molecule has 3 heteroatoms. The van der Waals surface area contributed by atoms with E-state index in [9.17, 15) is 4.79 Å². The lowest BCUT2D eigenvalue weighted by Crippen LogP contribution is -2.41. The Morgan fingerprint density at radius 1 is 1.33 bits per heavy atom. The number of carbonyl (C=O) groups is 1. The first-order chi connectivity index (χ1) is 7.03. The molecule has 1 heterocycles. The standard InChI is InChI=1S/C12H16N2O/c1-12(2)6-10(14-4-3-5-14)9(8-13)11(15)7-12/h3-7H2,1-2H3. The summed E-state index contributed by atoms with van der Waals surface area (Å²) in [7, 11) is 0. The van der Waals surface area contributed by atoms with Crippen molar-refractivity contribution in [3.8, 4) is 6.07 Å². The number of hydrogen-bond acceptors (Lipinski definition) is 3. The summed E-state index contributed by atoms with van der Waals surface area (Å²) in [5, 5.41) is 9.02. The fourth-order valence-electron chi connectivity index (χ4n) is 2.27. The quantitative estimate of drug-likeness (QED) is 0.654. The second-order valence-electron chi connectivity index (χ2n) is 5.22. The van der Waals surface area contributed by atoms with E-state index in [4.69, 9.17) is 5.26 Å². The van der Waals surface area contributed by atoms with Crippen molar-refractivity contribution in [2.45, 2.75) is 33.1 Å². The van der Waals surface area contributed by atoms with Crippen LogP contribution < -0.4 is 0 Å². The predicted octanol–water partition coefficient (Wildman–Crippen LogP) is 1.86. The number of ketones is 1. The fourth-order valence-corrected chi connectivity index (χ4v) is 2.27. The lowest BCUT2D eigenvalue weighted by molar-refractivity contribution is -0.118. The highest BCUT2D eigenvalue weighted by molar-refractivity contribution is 6.01. The second kappa shape index (κ2) is 3.37. The van der Waals surface area contributed by atoms with E-state index >= 15 is 0 Å². The van der Waals surface area contributed by atoms with E-state index in [1.165, 1.54) is 6.42 Å². The van der Waals surface area contributed by atoms with E-state index in [1.54, 1.807) is 0 Å². The number of nitrogens with zero attached hydrogens (tertiary/aromatic N) is 2. The van der Waals surface area contributed by atoms with Gasteiger partial charge in [0.2, 0.25) is 0 Å². The van der Waals surface area contributed by atoms with Gasteiger partial charge in [-0.2, -0.15) is 5.26 Å². The number of allylic oxidation sites excluding steroid dienone is 2. The molecule has 1 fully saturated rings. The van der Waals surface area contributed by atoms with Crippen molar-refractivity contribution in [2.75, 3.05) is 13.1 Å². The van der Waals surface area contributed by atoms with Gasteiger partial charge in [-0.15, -0.1) is 0 Å². The Morgan fingerprint density at radius 3 is 2.47 bits per heavy atom. The largest absolute Gasteiger partial charge is 0.374 e. The highest BCUT2D eigenvalue weighted by Crippen LogP contribution is 2.39. The minimum atomic E-state index is 0.0162. The average Bonchev–Trinajstić information content (AvgIpc) is 1.97. The van der Waals surface area contributed by atoms with Crippen LogP contribution in [0.15, 0.2) is 11.3 Å². The monoisotopic (exact) mass is 204 g/mol. The molecule has 15 heavy (non-hydrogen) atoms. The van der Waals surface area contributed by atoms with E-state index in [0.717, 1.165) is 25.2 Å². The van der Waals surface area contributed by atoms with Gasteiger partial charge in [0, 0.05) is 25.2 Å². The Balaban J connectivity index is 2.35. The minimum absolute atomic E-state index is 0.0162. The Labute approximate surface area is 90.4 Å². The van der Waals surface area contributed by atoms with E-state index < -0.39 is 0 Å². The summed E-state index contributed by atoms with van der Waals surface area (Å²) in [6.45, 7) is 6.20. The fraction of sp³-hybridized carbons (Fsp3) is 0.667. The molecule has 0 aromatic carbocycles. The Hall–Kier alpha value is -1.30. The predicted molar refractivity (Wildman–Crippen MR) is 56.9 cm³/mol. The SMILES string of the molecule is CC1(C)CC(=O)C(C#N)=C(N2CCC2)C1. The molecular formula is C12H16N2O. The van der Waals surface area contributed by atoms with Crippen LogP contribution in [0.5, 0.6) is 0 Å². The van der Waals surface area contributed by atoms with E-state index in [-0.39, 0.29) is 11.2 Å². The molecule has 0 radical (unpaired) electrons. The lowest BCUT2D eigenvalue weighted by Gasteiger charge is -2.41. The maximum atomic E-state index is 11.8. The molecule has 80 valence electrons. The maximum absolute atomic E-state index is 11.8. The highest BCUT2D eigenvalue weighted by atomic mass is 16.1. The molecule has 2 rings (SSSR count). The number of rotatable bonds is 1. The summed E-state index contributed by atoms with van der Waals surface area (Å²) in [5.41, 5.74) is 1.42. The van der Waals surface area contributed by atoms with Gasteiger partial charge in [-0.25, -0.2) is 0 Å². The normalized spacial score (nSPS) is 24.9. The summed E-state index contributed by atoms with van der Waals surface area (Å²) in [6.07, 6.45) is 2.55. The van der Waals surface area contributed by atoms with Crippen molar-refractivity contribution < 1.29 is 4.79 Å². The summed E-state index contributed by atoms with van der Waals surface area (Å²) >= 11 is 0. The smallest absolute Gasteiger partial charge is 0.175 e. The molecule has 1 aliphatic heterocycles. The van der Waals surface area contributed by atoms with Gasteiger partial charge in [0.25, 0.3) is 0 Å². The molecule has 1 saturated heterocycles. The number of nitriles is 1. The van der Waals surface area contributed by atoms with Crippen LogP contribution in [0.3, 0.4) is 0 Å². The van der Waals surface area contributed by atoms with Gasteiger partial charge in [-0.3, -0.25) is 4.79 Å². The third-order valence-corrected chi connectivity index (χ3v) is 3.20. The van der Waals surface area contributed by atoms with Crippen LogP contribution in [0.2, 0.25) is 0 Å². The first-order valence-corrected chi connectivity index (χ1v) is 5.45. The Bertz CT molecular complexity index is 370. The second-order valence-corrected chi connectivity index (χ2v) is 5.22. The third kappa shape index (κ3) is 1.77. The molecule has 0 aromatic rings. The molecule has 0 aromatic heterocycles. The van der Waals surface area contributed by atoms with Crippen LogP contribution in [0.1, 0.15) is 33.1 Å². The van der Waals surface area contributed by atoms with Crippen LogP contribution in [0.4, 0.5) is 0 Å². The highest BCUT2D eigenvalue weighted by Gasteiger charge is 2.36. The Morgan fingerprint density at radius 2 is 2.00 bits per heavy atom. The number of hydrogen-bond donors (Lipinski definition) is 0. The van der Waals surface area contributed by atoms with Crippen molar-refractivity contribution in [3.05, 3.63) is 11.3 Å². The van der Waals surface area contributed by atoms with Gasteiger partial charge >= 0.3 is 0 Å². The van der Waals surface area contributed by atoms with Crippen LogP contribution in [0.25, 0.3) is 0 Å². The van der Waals surface area contributed by atoms with Crippen molar-refractivity contribution in [2.24, 2.45) is 5.41 Å². The Kier molecular flexibility index (Phi) is 2.30. The first-order valence-electron chi connectivity index (χ1n) is 5.45. The van der Waals surface area contributed by atoms with Gasteiger partial charge in [-0.1, -0.05) is 13.8 Å². The summed E-state index contributed by atoms with van der Waals surface area (Å²) in [4.78, 5) is 14.0. The van der Waals surface area contributed by atoms with Crippen molar-refractivity contribution in [1.29, 1.82) is 5.26 Å². The topological polar surface area (TPSA) is 44.1 Å². The first kappa shape index (κ1) is 10.2. The van der Waals surface area contributed by atoms with Crippen LogP contribution in [-0.2, 0) is 4.79 Å². The molecule has 2 aliphatic rings. The zero-order valence-corrected chi connectivity index (χ0v) is 9.34. The van der Waals surface area contributed by atoms with E-state index in [0.29, 0.717) is 12.0 Å². The molecule has 0 unspecified atom stereocenters. The molecule has 0 atom stereocenters. The molecule has 0 bridgehead atoms. The van der Waals surface area contributed by atoms with Gasteiger partial charge in [-0.05, 0) is 18.3 Å². The molecule has 0 N–H and O–H groups in total. The van der Waals surface area contributed by atoms with Gasteiger partial charge in [0.15, 0.2) is 5.78 Å². The van der Waals surface area contributed by atoms with Crippen molar-refractivity contribution >= 4 is 5.78 Å². The third-order valence-electron chi connectivity index (χ3n) is 3.20. The van der Waals surface area contributed by atoms with Crippen LogP contribution in [0, 0.1) is 16.7 Å². The molecule has 1 aliphatic carbocycles. The van der Waals surface area contributed by atoms with E-state index in [1.807, 2.05) is 0 Å². The number of likely N-dealkylation sites (tertiary alicyclic amines) is 1. The van der Waals surface area contributed by atoms with Crippen LogP contribution in [-0.4, -0.2) is 23.8 Å². The average molecular weight is 204 g/mol. The maximum Gasteiger partial charge on any atom is 0.175 e. The molecular weight excluding hydrogens is 188 g/mol. The zero-order chi connectivity index (χ0) is 11.1. The summed E-state index contributed by atoms with van der Waals surface area (Å²) < 4.78 is 0. The van der Waals surface area contributed by atoms with Gasteiger partial charge < -0.3 is 4.90 Å². The molecule has 0 saturated carbocycles. The zero-order valence-electron chi connectivity index (χ0n) is 9.34. The summed E-state index contributed by atoms with van der Waals surface area (Å²) in [5.74, 6) is 0.0238. The van der Waals surface area contributed by atoms with Crippen molar-refractivity contribution in [3.63, 3.8) is 0 Å².